The van der Waals surface area contributed by atoms with Crippen LogP contribution in [-0.2, 0) is 22.4 Å². The third-order valence-corrected chi connectivity index (χ3v) is 4.17. The number of benzene rings is 1. The maximum atomic E-state index is 12.0. The molecule has 1 aromatic rings. The molecule has 1 saturated heterocycles. The normalized spacial score (nSPS) is 20.5. The van der Waals surface area contributed by atoms with Crippen molar-refractivity contribution < 1.29 is 14.7 Å². The van der Waals surface area contributed by atoms with Gasteiger partial charge >= 0.3 is 0 Å². The van der Waals surface area contributed by atoms with Crippen LogP contribution in [0.15, 0.2) is 18.2 Å². The zero-order valence-electron chi connectivity index (χ0n) is 12.0. The van der Waals surface area contributed by atoms with E-state index in [-0.39, 0.29) is 17.9 Å². The van der Waals surface area contributed by atoms with Crippen molar-refractivity contribution in [3.63, 3.8) is 0 Å². The lowest BCUT2D eigenvalue weighted by Crippen LogP contribution is -2.29. The van der Waals surface area contributed by atoms with E-state index < -0.39 is 0 Å². The number of rotatable bonds is 4. The van der Waals surface area contributed by atoms with E-state index >= 15 is 0 Å². The molecule has 1 fully saturated rings. The van der Waals surface area contributed by atoms with Gasteiger partial charge in [0.05, 0.1) is 12.5 Å². The Bertz CT molecular complexity index is 571. The van der Waals surface area contributed by atoms with E-state index in [4.69, 9.17) is 0 Å². The molecule has 0 aliphatic carbocycles. The molecule has 2 amide bonds. The van der Waals surface area contributed by atoms with Crippen LogP contribution in [0.5, 0.6) is 0 Å². The first-order valence-corrected chi connectivity index (χ1v) is 7.49. The first kappa shape index (κ1) is 14.1. The van der Waals surface area contributed by atoms with Crippen LogP contribution in [-0.4, -0.2) is 41.0 Å². The van der Waals surface area contributed by atoms with Gasteiger partial charge in [0, 0.05) is 25.2 Å². The second kappa shape index (κ2) is 5.85. The van der Waals surface area contributed by atoms with Gasteiger partial charge in [-0.1, -0.05) is 12.1 Å². The Morgan fingerprint density at radius 1 is 1.43 bits per heavy atom. The molecule has 2 heterocycles. The first-order chi connectivity index (χ1) is 10.1. The van der Waals surface area contributed by atoms with Gasteiger partial charge in [-0.05, 0) is 36.5 Å². The maximum Gasteiger partial charge on any atom is 0.228 e. The van der Waals surface area contributed by atoms with Gasteiger partial charge < -0.3 is 15.3 Å². The molecule has 0 unspecified atom stereocenters. The summed E-state index contributed by atoms with van der Waals surface area (Å²) in [6.07, 6.45) is 2.94. The smallest absolute Gasteiger partial charge is 0.228 e. The fraction of sp³-hybridized carbons (Fsp3) is 0.500. The van der Waals surface area contributed by atoms with Crippen LogP contribution in [0.1, 0.15) is 30.4 Å². The van der Waals surface area contributed by atoms with Crippen LogP contribution in [0.4, 0.5) is 5.69 Å². The van der Waals surface area contributed by atoms with E-state index in [2.05, 4.69) is 11.4 Å². The van der Waals surface area contributed by atoms with E-state index in [0.717, 1.165) is 24.1 Å². The lowest BCUT2D eigenvalue weighted by molar-refractivity contribution is -0.130. The molecule has 21 heavy (non-hydrogen) atoms. The highest BCUT2D eigenvalue weighted by molar-refractivity contribution is 5.99. The molecule has 2 N–H and O–H groups in total. The van der Waals surface area contributed by atoms with Gasteiger partial charge in [-0.3, -0.25) is 9.59 Å². The number of aliphatic hydroxyl groups is 1. The Hall–Kier alpha value is -1.88. The van der Waals surface area contributed by atoms with Crippen molar-refractivity contribution >= 4 is 17.5 Å². The fourth-order valence-corrected chi connectivity index (χ4v) is 3.01. The Kier molecular flexibility index (Phi) is 3.92. The van der Waals surface area contributed by atoms with Gasteiger partial charge in [-0.15, -0.1) is 0 Å². The quantitative estimate of drug-likeness (QED) is 0.871. The summed E-state index contributed by atoms with van der Waals surface area (Å²) in [7, 11) is 0. The van der Waals surface area contributed by atoms with E-state index in [1.54, 1.807) is 4.90 Å². The van der Waals surface area contributed by atoms with Crippen molar-refractivity contribution in [3.05, 3.63) is 29.3 Å². The number of β-amino-alcohol motifs (C(OH)–C–C–N with tert-alkyl or cyclic N) is 1. The predicted octanol–water partition coefficient (Wildman–Crippen LogP) is 1.10. The van der Waals surface area contributed by atoms with Crippen molar-refractivity contribution in [1.29, 1.82) is 0 Å². The summed E-state index contributed by atoms with van der Waals surface area (Å²) in [5.74, 6) is 0.175. The summed E-state index contributed by atoms with van der Waals surface area (Å²) in [5, 5.41) is 12.3. The third-order valence-electron chi connectivity index (χ3n) is 4.17. The highest BCUT2D eigenvalue weighted by Crippen LogP contribution is 2.24. The minimum absolute atomic E-state index is 0.0462. The largest absolute Gasteiger partial charge is 0.391 e. The summed E-state index contributed by atoms with van der Waals surface area (Å²) in [4.78, 5) is 25.0. The number of likely N-dealkylation sites (tertiary alicyclic amines) is 1. The van der Waals surface area contributed by atoms with Crippen molar-refractivity contribution in [3.8, 4) is 0 Å². The number of nitrogens with one attached hydrogen (secondary N) is 1. The molecule has 5 heteroatoms. The molecular weight excluding hydrogens is 268 g/mol. The molecule has 0 aromatic heterocycles. The molecule has 112 valence electrons. The second-order valence-corrected chi connectivity index (χ2v) is 5.85. The zero-order chi connectivity index (χ0) is 14.8. The van der Waals surface area contributed by atoms with Crippen LogP contribution in [0.25, 0.3) is 0 Å². The van der Waals surface area contributed by atoms with Crippen molar-refractivity contribution in [1.82, 2.24) is 4.90 Å². The van der Waals surface area contributed by atoms with E-state index in [1.807, 2.05) is 12.1 Å². The molecule has 0 spiro atoms. The number of carbonyl (C=O) groups excluding carboxylic acids is 2. The van der Waals surface area contributed by atoms with Crippen molar-refractivity contribution in [2.75, 3.05) is 18.4 Å². The Morgan fingerprint density at radius 2 is 2.29 bits per heavy atom. The standard InChI is InChI=1S/C16H20N2O3/c19-13-6-7-18(10-13)16(21)3-1-2-11-4-5-14-12(8-11)9-15(20)17-14/h4-5,8,13,19H,1-3,6-7,9-10H2,(H,17,20)/t13-/m1/s1. The van der Waals surface area contributed by atoms with Gasteiger partial charge in [0.1, 0.15) is 0 Å². The number of nitrogens with zero attached hydrogens (tertiary/aromatic N) is 1. The number of anilines is 1. The van der Waals surface area contributed by atoms with Crippen LogP contribution in [0.2, 0.25) is 0 Å². The average Bonchev–Trinajstić information content (AvgIpc) is 3.03. The monoisotopic (exact) mass is 288 g/mol. The summed E-state index contributed by atoms with van der Waals surface area (Å²) in [6.45, 7) is 1.15. The van der Waals surface area contributed by atoms with Crippen molar-refractivity contribution in [2.45, 2.75) is 38.2 Å². The molecule has 0 saturated carbocycles. The van der Waals surface area contributed by atoms with Gasteiger partial charge in [0.25, 0.3) is 0 Å². The number of aryl methyl sites for hydroxylation is 1. The van der Waals surface area contributed by atoms with Crippen LogP contribution < -0.4 is 5.32 Å². The molecule has 3 rings (SSSR count). The number of hydrogen-bond acceptors (Lipinski definition) is 3. The van der Waals surface area contributed by atoms with Crippen LogP contribution in [0.3, 0.4) is 0 Å². The first-order valence-electron chi connectivity index (χ1n) is 7.49. The number of fused-ring (bicyclic) bond motifs is 1. The van der Waals surface area contributed by atoms with E-state index in [1.165, 1.54) is 5.56 Å². The van der Waals surface area contributed by atoms with Gasteiger partial charge in [-0.25, -0.2) is 0 Å². The fourth-order valence-electron chi connectivity index (χ4n) is 3.01. The summed E-state index contributed by atoms with van der Waals surface area (Å²) < 4.78 is 0. The Balaban J connectivity index is 1.49. The summed E-state index contributed by atoms with van der Waals surface area (Å²) in [5.41, 5.74) is 3.12. The van der Waals surface area contributed by atoms with Crippen LogP contribution >= 0.6 is 0 Å². The molecule has 1 atom stereocenters. The highest BCUT2D eigenvalue weighted by Gasteiger charge is 2.24. The average molecular weight is 288 g/mol. The summed E-state index contributed by atoms with van der Waals surface area (Å²) >= 11 is 0. The van der Waals surface area contributed by atoms with Gasteiger partial charge in [0.15, 0.2) is 0 Å². The number of carbonyl (C=O) groups is 2. The highest BCUT2D eigenvalue weighted by atomic mass is 16.3. The molecule has 2 aliphatic heterocycles. The number of hydrogen-bond donors (Lipinski definition) is 2. The minimum atomic E-state index is -0.351. The molecule has 0 bridgehead atoms. The minimum Gasteiger partial charge on any atom is -0.391 e. The topological polar surface area (TPSA) is 69.6 Å². The van der Waals surface area contributed by atoms with Gasteiger partial charge in [-0.2, -0.15) is 0 Å². The number of aliphatic hydroxyl groups excluding tert-OH is 1. The molecule has 2 aliphatic rings. The SMILES string of the molecule is O=C1Cc2cc(CCCC(=O)N3CC[C@@H](O)C3)ccc2N1. The van der Waals surface area contributed by atoms with E-state index in [9.17, 15) is 14.7 Å². The lowest BCUT2D eigenvalue weighted by Gasteiger charge is -2.15. The zero-order valence-corrected chi connectivity index (χ0v) is 12.0. The molecule has 0 radical (unpaired) electrons. The predicted molar refractivity (Wildman–Crippen MR) is 78.9 cm³/mol. The van der Waals surface area contributed by atoms with Crippen molar-refractivity contribution in [2.24, 2.45) is 0 Å². The summed E-state index contributed by atoms with van der Waals surface area (Å²) in [6, 6.07) is 6.00. The Labute approximate surface area is 123 Å². The molecule has 1 aromatic carbocycles. The van der Waals surface area contributed by atoms with Crippen LogP contribution in [0, 0.1) is 0 Å². The Morgan fingerprint density at radius 3 is 3.05 bits per heavy atom. The second-order valence-electron chi connectivity index (χ2n) is 5.85. The third kappa shape index (κ3) is 3.24. The van der Waals surface area contributed by atoms with Gasteiger partial charge in [0.2, 0.25) is 11.8 Å². The molecular formula is C16H20N2O3. The maximum absolute atomic E-state index is 12.0. The van der Waals surface area contributed by atoms with E-state index in [0.29, 0.717) is 32.4 Å². The number of amides is 2. The lowest BCUT2D eigenvalue weighted by atomic mass is 10.0. The molecule has 5 nitrogen and oxygen atoms in total.